The van der Waals surface area contributed by atoms with Gasteiger partial charge in [0.05, 0.1) is 24.5 Å². The fraction of sp³-hybridized carbons (Fsp3) is 0.333. The number of ether oxygens (including phenoxy) is 3. The van der Waals surface area contributed by atoms with E-state index in [4.69, 9.17) is 14.2 Å². The average molecular weight is 409 g/mol. The predicted octanol–water partition coefficient (Wildman–Crippen LogP) is 3.91. The highest BCUT2D eigenvalue weighted by atomic mass is 79.9. The molecule has 0 aliphatic heterocycles. The van der Waals surface area contributed by atoms with E-state index in [-0.39, 0.29) is 5.91 Å². The summed E-state index contributed by atoms with van der Waals surface area (Å²) in [6.07, 6.45) is 2.27. The van der Waals surface area contributed by atoms with Gasteiger partial charge in [-0.05, 0) is 31.2 Å². The quantitative estimate of drug-likeness (QED) is 0.636. The monoisotopic (exact) mass is 408 g/mol. The predicted molar refractivity (Wildman–Crippen MR) is 99.5 cm³/mol. The Bertz CT molecular complexity index is 692. The lowest BCUT2D eigenvalue weighted by Gasteiger charge is -2.12. The van der Waals surface area contributed by atoms with Crippen LogP contribution >= 0.6 is 15.9 Å². The van der Waals surface area contributed by atoms with Crippen molar-refractivity contribution in [1.29, 1.82) is 0 Å². The lowest BCUT2D eigenvalue weighted by molar-refractivity contribution is 0.102. The molecule has 1 heterocycles. The Labute approximate surface area is 155 Å². The first-order valence-corrected chi connectivity index (χ1v) is 8.74. The summed E-state index contributed by atoms with van der Waals surface area (Å²) in [7, 11) is 1.65. The van der Waals surface area contributed by atoms with Crippen LogP contribution in [0.1, 0.15) is 23.7 Å². The fourth-order valence-corrected chi connectivity index (χ4v) is 2.42. The van der Waals surface area contributed by atoms with Crippen LogP contribution in [0.4, 0.5) is 5.69 Å². The maximum atomic E-state index is 12.4. The number of amides is 1. The van der Waals surface area contributed by atoms with Gasteiger partial charge in [0, 0.05) is 36.9 Å². The molecule has 0 saturated carbocycles. The highest BCUT2D eigenvalue weighted by Crippen LogP contribution is 2.28. The molecule has 2 rings (SSSR count). The number of carbonyl (C=O) groups excluding carboxylic acids is 1. The molecule has 0 aliphatic carbocycles. The van der Waals surface area contributed by atoms with Gasteiger partial charge in [-0.2, -0.15) is 0 Å². The number of methoxy groups -OCH3 is 1. The summed E-state index contributed by atoms with van der Waals surface area (Å²) in [6, 6.07) is 8.80. The van der Waals surface area contributed by atoms with Crippen molar-refractivity contribution in [3.05, 3.63) is 46.6 Å². The Morgan fingerprint density at radius 2 is 2.04 bits per heavy atom. The minimum atomic E-state index is -0.266. The molecule has 0 saturated heterocycles. The lowest BCUT2D eigenvalue weighted by Crippen LogP contribution is -2.13. The number of hydrogen-bond donors (Lipinski definition) is 1. The first-order chi connectivity index (χ1) is 12.1. The Kier molecular flexibility index (Phi) is 7.69. The second kappa shape index (κ2) is 10.0. The summed E-state index contributed by atoms with van der Waals surface area (Å²) >= 11 is 3.39. The summed E-state index contributed by atoms with van der Waals surface area (Å²) in [5, 5.41) is 2.84. The molecule has 0 aliphatic rings. The van der Waals surface area contributed by atoms with Crippen molar-refractivity contribution >= 4 is 27.5 Å². The molecule has 1 aromatic heterocycles. The number of carbonyl (C=O) groups is 1. The molecule has 2 aromatic rings. The molecule has 1 aromatic carbocycles. The fourth-order valence-electron chi connectivity index (χ4n) is 2.06. The van der Waals surface area contributed by atoms with Gasteiger partial charge in [0.2, 0.25) is 5.88 Å². The highest BCUT2D eigenvalue weighted by Gasteiger charge is 2.11. The van der Waals surface area contributed by atoms with Crippen molar-refractivity contribution in [1.82, 2.24) is 4.98 Å². The van der Waals surface area contributed by atoms with Gasteiger partial charge in [-0.3, -0.25) is 4.79 Å². The van der Waals surface area contributed by atoms with E-state index in [1.165, 1.54) is 6.20 Å². The molecule has 25 heavy (non-hydrogen) atoms. The Morgan fingerprint density at radius 1 is 1.20 bits per heavy atom. The number of rotatable bonds is 9. The topological polar surface area (TPSA) is 69.7 Å². The smallest absolute Gasteiger partial charge is 0.257 e. The first kappa shape index (κ1) is 19.2. The second-order valence-electron chi connectivity index (χ2n) is 5.11. The van der Waals surface area contributed by atoms with Gasteiger partial charge in [-0.25, -0.2) is 4.98 Å². The minimum Gasteiger partial charge on any atom is -0.492 e. The molecule has 0 fully saturated rings. The molecule has 0 radical (unpaired) electrons. The number of nitrogens with one attached hydrogen (secondary N) is 1. The number of pyridine rings is 1. The van der Waals surface area contributed by atoms with Gasteiger partial charge in [-0.1, -0.05) is 15.9 Å². The summed E-state index contributed by atoms with van der Waals surface area (Å²) in [6.45, 7) is 3.56. The van der Waals surface area contributed by atoms with Crippen molar-refractivity contribution in [2.24, 2.45) is 0 Å². The van der Waals surface area contributed by atoms with Gasteiger partial charge in [0.1, 0.15) is 5.75 Å². The SMILES string of the molecule is CCOc1ccc(Br)cc1NC(=O)c1ccc(OCCCOC)nc1. The molecule has 134 valence electrons. The van der Waals surface area contributed by atoms with Crippen LogP contribution in [0, 0.1) is 0 Å². The first-order valence-electron chi connectivity index (χ1n) is 7.95. The third-order valence-corrected chi connectivity index (χ3v) is 3.72. The van der Waals surface area contributed by atoms with Gasteiger partial charge < -0.3 is 19.5 Å². The highest BCUT2D eigenvalue weighted by molar-refractivity contribution is 9.10. The zero-order chi connectivity index (χ0) is 18.1. The second-order valence-corrected chi connectivity index (χ2v) is 6.02. The van der Waals surface area contributed by atoms with Crippen LogP contribution in [0.25, 0.3) is 0 Å². The van der Waals surface area contributed by atoms with Crippen molar-refractivity contribution in [2.45, 2.75) is 13.3 Å². The van der Waals surface area contributed by atoms with E-state index < -0.39 is 0 Å². The largest absolute Gasteiger partial charge is 0.492 e. The normalized spacial score (nSPS) is 10.4. The minimum absolute atomic E-state index is 0.266. The molecule has 6 nitrogen and oxygen atoms in total. The number of anilines is 1. The molecule has 0 bridgehead atoms. The maximum Gasteiger partial charge on any atom is 0.257 e. The summed E-state index contributed by atoms with van der Waals surface area (Å²) < 4.78 is 16.8. The van der Waals surface area contributed by atoms with Crippen LogP contribution in [0.2, 0.25) is 0 Å². The lowest BCUT2D eigenvalue weighted by atomic mass is 10.2. The average Bonchev–Trinajstić information content (AvgIpc) is 2.61. The molecule has 0 unspecified atom stereocenters. The summed E-state index contributed by atoms with van der Waals surface area (Å²) in [5.74, 6) is 0.827. The van der Waals surface area contributed by atoms with Crippen molar-refractivity contribution in [2.75, 3.05) is 32.2 Å². The van der Waals surface area contributed by atoms with Crippen LogP contribution in [0.3, 0.4) is 0 Å². The molecular weight excluding hydrogens is 388 g/mol. The zero-order valence-corrected chi connectivity index (χ0v) is 15.8. The number of halogens is 1. The number of hydrogen-bond acceptors (Lipinski definition) is 5. The van der Waals surface area contributed by atoms with Crippen LogP contribution in [0.15, 0.2) is 41.0 Å². The molecule has 0 atom stereocenters. The van der Waals surface area contributed by atoms with E-state index in [0.717, 1.165) is 10.9 Å². The molecule has 1 N–H and O–H groups in total. The van der Waals surface area contributed by atoms with Crippen LogP contribution in [0.5, 0.6) is 11.6 Å². The number of aromatic nitrogens is 1. The van der Waals surface area contributed by atoms with E-state index >= 15 is 0 Å². The molecular formula is C18H21BrN2O4. The van der Waals surface area contributed by atoms with Crippen molar-refractivity contribution in [3.63, 3.8) is 0 Å². The van der Waals surface area contributed by atoms with E-state index in [2.05, 4.69) is 26.2 Å². The summed E-state index contributed by atoms with van der Waals surface area (Å²) in [5.41, 5.74) is 1.03. The van der Waals surface area contributed by atoms with Crippen LogP contribution in [-0.4, -0.2) is 37.8 Å². The van der Waals surface area contributed by atoms with Crippen LogP contribution < -0.4 is 14.8 Å². The number of benzene rings is 1. The zero-order valence-electron chi connectivity index (χ0n) is 14.3. The Balaban J connectivity index is 2.00. The molecule has 7 heteroatoms. The van der Waals surface area contributed by atoms with Gasteiger partial charge in [0.15, 0.2) is 0 Å². The third-order valence-electron chi connectivity index (χ3n) is 3.23. The van der Waals surface area contributed by atoms with Gasteiger partial charge in [0.25, 0.3) is 5.91 Å². The van der Waals surface area contributed by atoms with Gasteiger partial charge in [-0.15, -0.1) is 0 Å². The van der Waals surface area contributed by atoms with Crippen molar-refractivity contribution < 1.29 is 19.0 Å². The Hall–Kier alpha value is -2.12. The van der Waals surface area contributed by atoms with E-state index in [1.54, 1.807) is 31.4 Å². The molecule has 0 spiro atoms. The summed E-state index contributed by atoms with van der Waals surface area (Å²) in [4.78, 5) is 16.6. The standard InChI is InChI=1S/C18H21BrN2O4/c1-3-24-16-7-6-14(19)11-15(16)21-18(22)13-5-8-17(20-12-13)25-10-4-9-23-2/h5-8,11-12H,3-4,9-10H2,1-2H3,(H,21,22). The van der Waals surface area contributed by atoms with E-state index in [1.807, 2.05) is 13.0 Å². The number of nitrogens with zero attached hydrogens (tertiary/aromatic N) is 1. The van der Waals surface area contributed by atoms with E-state index in [0.29, 0.717) is 42.7 Å². The van der Waals surface area contributed by atoms with Gasteiger partial charge >= 0.3 is 0 Å². The van der Waals surface area contributed by atoms with Crippen LogP contribution in [-0.2, 0) is 4.74 Å². The maximum absolute atomic E-state index is 12.4. The third kappa shape index (κ3) is 6.03. The van der Waals surface area contributed by atoms with E-state index in [9.17, 15) is 4.79 Å². The van der Waals surface area contributed by atoms with Crippen molar-refractivity contribution in [3.8, 4) is 11.6 Å². The molecule has 1 amide bonds. The Morgan fingerprint density at radius 3 is 2.72 bits per heavy atom.